The number of nitrogens with one attached hydrogen (secondary N) is 2. The van der Waals surface area contributed by atoms with Crippen LogP contribution in [0.3, 0.4) is 0 Å². The number of benzene rings is 1. The number of halogens is 1. The maximum Gasteiger partial charge on any atom is 0.344 e. The van der Waals surface area contributed by atoms with Gasteiger partial charge in [0.1, 0.15) is 5.75 Å². The van der Waals surface area contributed by atoms with Crippen LogP contribution in [-0.4, -0.2) is 43.6 Å². The smallest absolute Gasteiger partial charge is 0.344 e. The molecule has 0 saturated heterocycles. The van der Waals surface area contributed by atoms with Crippen LogP contribution in [0, 0.1) is 0 Å². The van der Waals surface area contributed by atoms with Crippen molar-refractivity contribution in [3.8, 4) is 5.75 Å². The summed E-state index contributed by atoms with van der Waals surface area (Å²) in [7, 11) is 0. The number of carbonyl (C=O) groups excluding carboxylic acids is 3. The molecule has 0 aromatic heterocycles. The topological polar surface area (TPSA) is 93.7 Å². The van der Waals surface area contributed by atoms with Crippen molar-refractivity contribution >= 4 is 33.7 Å². The molecule has 0 saturated carbocycles. The first-order valence-electron chi connectivity index (χ1n) is 6.97. The number of amides is 2. The molecule has 0 unspecified atom stereocenters. The Morgan fingerprint density at radius 3 is 2.57 bits per heavy atom. The van der Waals surface area contributed by atoms with Gasteiger partial charge in [-0.3, -0.25) is 9.59 Å². The lowest BCUT2D eigenvalue weighted by Crippen LogP contribution is -2.41. The Morgan fingerprint density at radius 1 is 1.17 bits per heavy atom. The molecule has 0 fully saturated rings. The van der Waals surface area contributed by atoms with Crippen LogP contribution in [0.5, 0.6) is 5.75 Å². The fourth-order valence-electron chi connectivity index (χ4n) is 1.49. The Morgan fingerprint density at radius 2 is 1.91 bits per heavy atom. The first kappa shape index (κ1) is 19.0. The van der Waals surface area contributed by atoms with Gasteiger partial charge < -0.3 is 20.1 Å². The molecule has 0 aliphatic heterocycles. The summed E-state index contributed by atoms with van der Waals surface area (Å²) in [5.41, 5.74) is 0. The molecule has 0 radical (unpaired) electrons. The van der Waals surface area contributed by atoms with E-state index in [2.05, 4.69) is 26.6 Å². The summed E-state index contributed by atoms with van der Waals surface area (Å²) in [6, 6.07) is 6.98. The number of carbonyl (C=O) groups is 3. The SMILES string of the molecule is CC(C)NC(=O)CNC(=O)COC(=O)COc1cccc(Br)c1. The quantitative estimate of drug-likeness (QED) is 0.650. The number of esters is 1. The van der Waals surface area contributed by atoms with Gasteiger partial charge in [0.05, 0.1) is 6.54 Å². The zero-order chi connectivity index (χ0) is 17.2. The first-order chi connectivity index (χ1) is 10.9. The maximum atomic E-state index is 11.5. The Kier molecular flexibility index (Phi) is 8.10. The molecule has 0 aliphatic rings. The molecule has 2 N–H and O–H groups in total. The van der Waals surface area contributed by atoms with E-state index >= 15 is 0 Å². The third-order valence-corrected chi connectivity index (χ3v) is 2.91. The fraction of sp³-hybridized carbons (Fsp3) is 0.400. The molecule has 0 spiro atoms. The van der Waals surface area contributed by atoms with E-state index in [0.717, 1.165) is 4.47 Å². The average Bonchev–Trinajstić information content (AvgIpc) is 2.48. The molecule has 0 heterocycles. The van der Waals surface area contributed by atoms with Crippen LogP contribution in [0.2, 0.25) is 0 Å². The van der Waals surface area contributed by atoms with Gasteiger partial charge in [-0.05, 0) is 32.0 Å². The molecule has 2 amide bonds. The molecular formula is C15H19BrN2O5. The molecule has 1 aromatic carbocycles. The summed E-state index contributed by atoms with van der Waals surface area (Å²) < 4.78 is 10.8. The van der Waals surface area contributed by atoms with Gasteiger partial charge in [-0.15, -0.1) is 0 Å². The summed E-state index contributed by atoms with van der Waals surface area (Å²) in [5.74, 6) is -1.03. The van der Waals surface area contributed by atoms with Gasteiger partial charge in [-0.1, -0.05) is 22.0 Å². The van der Waals surface area contributed by atoms with Gasteiger partial charge in [0.15, 0.2) is 13.2 Å². The van der Waals surface area contributed by atoms with Crippen molar-refractivity contribution in [1.29, 1.82) is 0 Å². The van der Waals surface area contributed by atoms with E-state index in [1.165, 1.54) is 0 Å². The molecule has 7 nitrogen and oxygen atoms in total. The van der Waals surface area contributed by atoms with Crippen molar-refractivity contribution in [2.75, 3.05) is 19.8 Å². The molecule has 23 heavy (non-hydrogen) atoms. The minimum Gasteiger partial charge on any atom is -0.482 e. The van der Waals surface area contributed by atoms with Crippen molar-refractivity contribution in [2.24, 2.45) is 0 Å². The van der Waals surface area contributed by atoms with E-state index in [1.807, 2.05) is 19.9 Å². The third kappa shape index (κ3) is 8.82. The second-order valence-electron chi connectivity index (χ2n) is 4.91. The summed E-state index contributed by atoms with van der Waals surface area (Å²) in [6.07, 6.45) is 0. The van der Waals surface area contributed by atoms with Crippen molar-refractivity contribution in [3.05, 3.63) is 28.7 Å². The van der Waals surface area contributed by atoms with Crippen LogP contribution < -0.4 is 15.4 Å². The lowest BCUT2D eigenvalue weighted by atomic mass is 10.3. The van der Waals surface area contributed by atoms with Gasteiger partial charge in [-0.25, -0.2) is 4.79 Å². The molecular weight excluding hydrogens is 368 g/mol. The van der Waals surface area contributed by atoms with Crippen LogP contribution >= 0.6 is 15.9 Å². The normalized spacial score (nSPS) is 10.1. The van der Waals surface area contributed by atoms with Gasteiger partial charge in [-0.2, -0.15) is 0 Å². The molecule has 1 rings (SSSR count). The van der Waals surface area contributed by atoms with Gasteiger partial charge in [0, 0.05) is 10.5 Å². The Labute approximate surface area is 142 Å². The number of ether oxygens (including phenoxy) is 2. The average molecular weight is 387 g/mol. The Bertz CT molecular complexity index is 563. The zero-order valence-corrected chi connectivity index (χ0v) is 14.5. The van der Waals surface area contributed by atoms with E-state index in [1.54, 1.807) is 18.2 Å². The molecule has 0 atom stereocenters. The highest BCUT2D eigenvalue weighted by Crippen LogP contribution is 2.17. The number of hydrogen-bond acceptors (Lipinski definition) is 5. The highest BCUT2D eigenvalue weighted by atomic mass is 79.9. The van der Waals surface area contributed by atoms with E-state index in [4.69, 9.17) is 9.47 Å². The standard InChI is InChI=1S/C15H19BrN2O5/c1-10(2)18-13(19)7-17-14(20)8-23-15(21)9-22-12-5-3-4-11(16)6-12/h3-6,10H,7-9H2,1-2H3,(H,17,20)(H,18,19). The first-order valence-corrected chi connectivity index (χ1v) is 7.76. The van der Waals surface area contributed by atoms with Crippen LogP contribution in [0.15, 0.2) is 28.7 Å². The fourth-order valence-corrected chi connectivity index (χ4v) is 1.87. The van der Waals surface area contributed by atoms with E-state index in [9.17, 15) is 14.4 Å². The largest absolute Gasteiger partial charge is 0.482 e. The molecule has 0 bridgehead atoms. The van der Waals surface area contributed by atoms with Crippen LogP contribution in [0.4, 0.5) is 0 Å². The molecule has 8 heteroatoms. The Balaban J connectivity index is 2.20. The van der Waals surface area contributed by atoms with E-state index in [0.29, 0.717) is 5.75 Å². The van der Waals surface area contributed by atoms with Crippen molar-refractivity contribution in [1.82, 2.24) is 10.6 Å². The van der Waals surface area contributed by atoms with Crippen LogP contribution in [-0.2, 0) is 19.1 Å². The predicted molar refractivity (Wildman–Crippen MR) is 86.9 cm³/mol. The lowest BCUT2D eigenvalue weighted by molar-refractivity contribution is -0.150. The minimum atomic E-state index is -0.674. The monoisotopic (exact) mass is 386 g/mol. The summed E-state index contributed by atoms with van der Waals surface area (Å²) in [5, 5.41) is 4.97. The van der Waals surface area contributed by atoms with Crippen molar-refractivity contribution < 1.29 is 23.9 Å². The second kappa shape index (κ2) is 9.83. The minimum absolute atomic E-state index is 0.00704. The number of hydrogen-bond donors (Lipinski definition) is 2. The molecule has 126 valence electrons. The predicted octanol–water partition coefficient (Wildman–Crippen LogP) is 1.01. The van der Waals surface area contributed by atoms with Gasteiger partial charge in [0.2, 0.25) is 5.91 Å². The number of rotatable bonds is 8. The summed E-state index contributed by atoms with van der Waals surface area (Å²) >= 11 is 3.28. The lowest BCUT2D eigenvalue weighted by Gasteiger charge is -2.10. The van der Waals surface area contributed by atoms with Crippen molar-refractivity contribution in [3.63, 3.8) is 0 Å². The molecule has 1 aromatic rings. The van der Waals surface area contributed by atoms with Crippen LogP contribution in [0.1, 0.15) is 13.8 Å². The van der Waals surface area contributed by atoms with E-state index in [-0.39, 0.29) is 25.1 Å². The maximum absolute atomic E-state index is 11.5. The van der Waals surface area contributed by atoms with E-state index < -0.39 is 18.5 Å². The summed E-state index contributed by atoms with van der Waals surface area (Å²) in [4.78, 5) is 34.2. The highest BCUT2D eigenvalue weighted by Gasteiger charge is 2.10. The highest BCUT2D eigenvalue weighted by molar-refractivity contribution is 9.10. The van der Waals surface area contributed by atoms with Crippen LogP contribution in [0.25, 0.3) is 0 Å². The zero-order valence-electron chi connectivity index (χ0n) is 12.9. The second-order valence-corrected chi connectivity index (χ2v) is 5.82. The third-order valence-electron chi connectivity index (χ3n) is 2.41. The molecule has 0 aliphatic carbocycles. The summed E-state index contributed by atoms with van der Waals surface area (Å²) in [6.45, 7) is 2.69. The van der Waals surface area contributed by atoms with Gasteiger partial charge >= 0.3 is 5.97 Å². The Hall–Kier alpha value is -2.09. The van der Waals surface area contributed by atoms with Gasteiger partial charge in [0.25, 0.3) is 5.91 Å². The van der Waals surface area contributed by atoms with Crippen molar-refractivity contribution in [2.45, 2.75) is 19.9 Å².